The zero-order chi connectivity index (χ0) is 13.6. The van der Waals surface area contributed by atoms with Crippen LogP contribution in [-0.2, 0) is 0 Å². The van der Waals surface area contributed by atoms with Gasteiger partial charge in [-0.25, -0.2) is 0 Å². The van der Waals surface area contributed by atoms with Gasteiger partial charge in [-0.05, 0) is 51.0 Å². The monoisotopic (exact) mass is 243 g/mol. The summed E-state index contributed by atoms with van der Waals surface area (Å²) < 4.78 is 1.64. The number of hydrogen-bond donors (Lipinski definition) is 0. The minimum absolute atomic E-state index is 0.0105. The predicted molar refractivity (Wildman–Crippen MR) is 72.5 cm³/mol. The maximum absolute atomic E-state index is 11.8. The van der Waals surface area contributed by atoms with Crippen LogP contribution in [0, 0.1) is 20.8 Å². The minimum Gasteiger partial charge on any atom is -0.294 e. The van der Waals surface area contributed by atoms with E-state index in [1.807, 2.05) is 32.9 Å². The Morgan fingerprint density at radius 1 is 1.06 bits per heavy atom. The number of hydrogen-bond acceptors (Lipinski definition) is 2. The summed E-state index contributed by atoms with van der Waals surface area (Å²) in [4.78, 5) is 23.6. The van der Waals surface area contributed by atoms with Gasteiger partial charge in [0.1, 0.15) is 0 Å². The highest BCUT2D eigenvalue weighted by atomic mass is 16.2. The molecule has 0 saturated heterocycles. The van der Waals surface area contributed by atoms with Crippen molar-refractivity contribution >= 4 is 22.6 Å². The van der Waals surface area contributed by atoms with Crippen molar-refractivity contribution in [2.75, 3.05) is 0 Å². The second-order valence-corrected chi connectivity index (χ2v) is 4.83. The summed E-state index contributed by atoms with van der Waals surface area (Å²) in [7, 11) is 0. The van der Waals surface area contributed by atoms with Crippen LogP contribution in [0.15, 0.2) is 12.1 Å². The first-order valence-corrected chi connectivity index (χ1v) is 5.98. The van der Waals surface area contributed by atoms with Crippen molar-refractivity contribution in [3.8, 4) is 0 Å². The molecule has 0 atom stereocenters. The Hall–Kier alpha value is -1.90. The zero-order valence-electron chi connectivity index (χ0n) is 11.4. The van der Waals surface area contributed by atoms with Gasteiger partial charge in [0.25, 0.3) is 0 Å². The van der Waals surface area contributed by atoms with Gasteiger partial charge < -0.3 is 0 Å². The second kappa shape index (κ2) is 4.09. The summed E-state index contributed by atoms with van der Waals surface area (Å²) in [5.41, 5.74) is 4.38. The second-order valence-electron chi connectivity index (χ2n) is 4.83. The molecule has 0 radical (unpaired) electrons. The third-order valence-electron chi connectivity index (χ3n) is 3.45. The Labute approximate surface area is 106 Å². The largest absolute Gasteiger partial charge is 0.294 e. The van der Waals surface area contributed by atoms with Gasteiger partial charge in [0.15, 0.2) is 5.78 Å². The average molecular weight is 243 g/mol. The smallest absolute Gasteiger partial charge is 0.228 e. The van der Waals surface area contributed by atoms with Crippen molar-refractivity contribution in [2.24, 2.45) is 0 Å². The number of Topliss-reactive ketones (excluding diaryl/α,β-unsaturated/α-hetero) is 1. The molecule has 2 rings (SSSR count). The topological polar surface area (TPSA) is 39.1 Å². The molecule has 0 aliphatic rings. The van der Waals surface area contributed by atoms with Crippen LogP contribution < -0.4 is 0 Å². The molecular formula is C15H17NO2. The molecule has 0 fully saturated rings. The van der Waals surface area contributed by atoms with E-state index in [1.54, 1.807) is 4.57 Å². The minimum atomic E-state index is -0.0584. The van der Waals surface area contributed by atoms with Crippen LogP contribution in [0.25, 0.3) is 10.9 Å². The molecule has 0 unspecified atom stereocenters. The van der Waals surface area contributed by atoms with Crippen LogP contribution >= 0.6 is 0 Å². The van der Waals surface area contributed by atoms with Crippen LogP contribution in [0.2, 0.25) is 0 Å². The molecule has 1 heterocycles. The van der Waals surface area contributed by atoms with Crippen LogP contribution in [-0.4, -0.2) is 16.3 Å². The fourth-order valence-corrected chi connectivity index (χ4v) is 2.50. The van der Waals surface area contributed by atoms with Gasteiger partial charge in [-0.3, -0.25) is 14.2 Å². The first kappa shape index (κ1) is 12.6. The molecule has 3 heteroatoms. The van der Waals surface area contributed by atoms with Gasteiger partial charge in [-0.1, -0.05) is 0 Å². The van der Waals surface area contributed by atoms with E-state index < -0.39 is 0 Å². The number of fused-ring (bicyclic) bond motifs is 1. The molecule has 1 aromatic carbocycles. The van der Waals surface area contributed by atoms with Crippen LogP contribution in [0.1, 0.15) is 45.8 Å². The number of nitrogens with zero attached hydrogens (tertiary/aromatic N) is 1. The molecule has 0 aliphatic heterocycles. The van der Waals surface area contributed by atoms with Gasteiger partial charge in [0.2, 0.25) is 5.91 Å². The van der Waals surface area contributed by atoms with Crippen molar-refractivity contribution < 1.29 is 9.59 Å². The third kappa shape index (κ3) is 1.67. The molecular weight excluding hydrogens is 226 g/mol. The van der Waals surface area contributed by atoms with Gasteiger partial charge in [0.05, 0.1) is 5.52 Å². The van der Waals surface area contributed by atoms with Crippen molar-refractivity contribution in [3.63, 3.8) is 0 Å². The SMILES string of the molecule is CC(=O)c1cc(C)cc2c(C)c(C)n(C(C)=O)c12. The lowest BCUT2D eigenvalue weighted by Gasteiger charge is -2.07. The van der Waals surface area contributed by atoms with E-state index in [2.05, 4.69) is 0 Å². The van der Waals surface area contributed by atoms with Crippen molar-refractivity contribution in [1.29, 1.82) is 0 Å². The Morgan fingerprint density at radius 3 is 2.17 bits per heavy atom. The molecule has 0 N–H and O–H groups in total. The summed E-state index contributed by atoms with van der Waals surface area (Å²) in [5.74, 6) is -0.0688. The summed E-state index contributed by atoms with van der Waals surface area (Å²) in [5, 5.41) is 0.993. The number of carbonyl (C=O) groups excluding carboxylic acids is 2. The van der Waals surface area contributed by atoms with Crippen LogP contribution in [0.4, 0.5) is 0 Å². The summed E-state index contributed by atoms with van der Waals surface area (Å²) >= 11 is 0. The van der Waals surface area contributed by atoms with Gasteiger partial charge >= 0.3 is 0 Å². The van der Waals surface area contributed by atoms with Gasteiger partial charge in [-0.2, -0.15) is 0 Å². The average Bonchev–Trinajstić information content (AvgIpc) is 2.51. The number of rotatable bonds is 1. The Morgan fingerprint density at radius 2 is 1.67 bits per heavy atom. The summed E-state index contributed by atoms with van der Waals surface area (Å²) in [6, 6.07) is 3.88. The zero-order valence-corrected chi connectivity index (χ0v) is 11.4. The number of aryl methyl sites for hydroxylation is 2. The first-order valence-electron chi connectivity index (χ1n) is 5.98. The number of benzene rings is 1. The number of carbonyl (C=O) groups is 2. The van der Waals surface area contributed by atoms with E-state index >= 15 is 0 Å². The Kier molecular flexibility index (Phi) is 2.85. The highest BCUT2D eigenvalue weighted by Gasteiger charge is 2.18. The predicted octanol–water partition coefficient (Wildman–Crippen LogP) is 3.43. The molecule has 0 amide bonds. The first-order chi connectivity index (χ1) is 8.34. The van der Waals surface area contributed by atoms with Crippen LogP contribution in [0.3, 0.4) is 0 Å². The van der Waals surface area contributed by atoms with Gasteiger partial charge in [0, 0.05) is 23.6 Å². The lowest BCUT2D eigenvalue weighted by atomic mass is 10.0. The van der Waals surface area contributed by atoms with E-state index in [4.69, 9.17) is 0 Å². The fourth-order valence-electron chi connectivity index (χ4n) is 2.50. The van der Waals surface area contributed by atoms with Crippen molar-refractivity contribution in [3.05, 3.63) is 34.5 Å². The van der Waals surface area contributed by atoms with Gasteiger partial charge in [-0.15, -0.1) is 0 Å². The normalized spacial score (nSPS) is 10.9. The quantitative estimate of drug-likeness (QED) is 0.720. The summed E-state index contributed by atoms with van der Waals surface area (Å²) in [6.07, 6.45) is 0. The highest BCUT2D eigenvalue weighted by molar-refractivity contribution is 6.10. The lowest BCUT2D eigenvalue weighted by molar-refractivity contribution is 0.0939. The van der Waals surface area contributed by atoms with E-state index in [9.17, 15) is 9.59 Å². The molecule has 0 saturated carbocycles. The third-order valence-corrected chi connectivity index (χ3v) is 3.45. The Bertz CT molecular complexity index is 678. The highest BCUT2D eigenvalue weighted by Crippen LogP contribution is 2.29. The summed E-state index contributed by atoms with van der Waals surface area (Å²) in [6.45, 7) is 8.92. The molecule has 94 valence electrons. The fraction of sp³-hybridized carbons (Fsp3) is 0.333. The van der Waals surface area contributed by atoms with E-state index in [0.717, 1.165) is 27.7 Å². The van der Waals surface area contributed by atoms with E-state index in [-0.39, 0.29) is 11.7 Å². The number of aromatic nitrogens is 1. The molecule has 0 spiro atoms. The Balaban J connectivity index is 3.06. The molecule has 2 aromatic rings. The standard InChI is InChI=1S/C15H17NO2/c1-8-6-13-9(2)10(3)16(12(5)18)15(13)14(7-8)11(4)17/h6-7H,1-5H3. The van der Waals surface area contributed by atoms with Crippen molar-refractivity contribution in [1.82, 2.24) is 4.57 Å². The van der Waals surface area contributed by atoms with E-state index in [1.165, 1.54) is 13.8 Å². The maximum atomic E-state index is 11.8. The van der Waals surface area contributed by atoms with E-state index in [0.29, 0.717) is 5.56 Å². The molecule has 1 aromatic heterocycles. The number of ketones is 1. The molecule has 3 nitrogen and oxygen atoms in total. The molecule has 0 bridgehead atoms. The van der Waals surface area contributed by atoms with Crippen molar-refractivity contribution in [2.45, 2.75) is 34.6 Å². The molecule has 0 aliphatic carbocycles. The molecule has 18 heavy (non-hydrogen) atoms. The lowest BCUT2D eigenvalue weighted by Crippen LogP contribution is -2.10. The maximum Gasteiger partial charge on any atom is 0.228 e. The van der Waals surface area contributed by atoms with Crippen LogP contribution in [0.5, 0.6) is 0 Å².